The number of nitrogens with zero attached hydrogens (tertiary/aromatic N) is 7. The van der Waals surface area contributed by atoms with E-state index >= 15 is 0 Å². The molecule has 16 heteroatoms. The lowest BCUT2D eigenvalue weighted by Crippen LogP contribution is -2.50. The molecule has 1 aliphatic carbocycles. The van der Waals surface area contributed by atoms with Crippen LogP contribution >= 0.6 is 0 Å². The fraction of sp³-hybridized carbons (Fsp3) is 0.422. The lowest BCUT2D eigenvalue weighted by atomic mass is 9.96. The van der Waals surface area contributed by atoms with Crippen molar-refractivity contribution in [3.8, 4) is 17.2 Å². The van der Waals surface area contributed by atoms with Gasteiger partial charge in [0.25, 0.3) is 11.5 Å². The smallest absolute Gasteiger partial charge is 0.410 e. The van der Waals surface area contributed by atoms with Gasteiger partial charge in [-0.15, -0.1) is 0 Å². The Hall–Kier alpha value is -6.45. The van der Waals surface area contributed by atoms with Crippen molar-refractivity contribution in [3.05, 3.63) is 106 Å². The lowest BCUT2D eigenvalue weighted by molar-refractivity contribution is 0.0240. The molecule has 0 unspecified atom stereocenters. The van der Waals surface area contributed by atoms with Crippen LogP contribution in [0.15, 0.2) is 77.9 Å². The molecule has 322 valence electrons. The highest BCUT2D eigenvalue weighted by Crippen LogP contribution is 2.29. The molecular formula is C45H53FN8O7. The molecule has 3 fully saturated rings. The summed E-state index contributed by atoms with van der Waals surface area (Å²) in [7, 11) is 3.25. The topological polar surface area (TPSA) is 156 Å². The van der Waals surface area contributed by atoms with Crippen LogP contribution in [-0.2, 0) is 11.2 Å². The molecule has 0 atom stereocenters. The van der Waals surface area contributed by atoms with Crippen LogP contribution in [0.3, 0.4) is 0 Å². The van der Waals surface area contributed by atoms with E-state index in [1.165, 1.54) is 6.07 Å². The third-order valence-corrected chi connectivity index (χ3v) is 10.9. The average Bonchev–Trinajstić information content (AvgIpc) is 3.26. The minimum absolute atomic E-state index is 0.0215. The monoisotopic (exact) mass is 836 g/mol. The van der Waals surface area contributed by atoms with Gasteiger partial charge in [-0.1, -0.05) is 6.07 Å². The van der Waals surface area contributed by atoms with Crippen LogP contribution in [0.2, 0.25) is 0 Å². The summed E-state index contributed by atoms with van der Waals surface area (Å²) in [4.78, 5) is 54.2. The number of piperazine rings is 2. The largest absolute Gasteiger partial charge is 0.497 e. The maximum absolute atomic E-state index is 14.9. The van der Waals surface area contributed by atoms with Gasteiger partial charge in [-0.3, -0.25) is 9.59 Å². The predicted molar refractivity (Wildman–Crippen MR) is 230 cm³/mol. The third-order valence-electron chi connectivity index (χ3n) is 10.9. The van der Waals surface area contributed by atoms with Crippen LogP contribution < -0.4 is 29.6 Å². The number of methoxy groups -OCH3 is 2. The number of carbonyl (C=O) groups is 2. The van der Waals surface area contributed by atoms with Gasteiger partial charge in [0, 0.05) is 88.7 Å². The van der Waals surface area contributed by atoms with Crippen molar-refractivity contribution in [2.24, 2.45) is 0 Å². The molecule has 5 aromatic rings. The zero-order valence-electron chi connectivity index (χ0n) is 35.4. The first-order chi connectivity index (χ1) is 29.4. The number of aromatic nitrogens is 4. The molecule has 8 rings (SSSR count). The van der Waals surface area contributed by atoms with Crippen molar-refractivity contribution in [3.63, 3.8) is 0 Å². The Morgan fingerprint density at radius 3 is 1.92 bits per heavy atom. The quantitative estimate of drug-likeness (QED) is 0.183. The van der Waals surface area contributed by atoms with Crippen molar-refractivity contribution in [1.82, 2.24) is 30.0 Å². The van der Waals surface area contributed by atoms with Gasteiger partial charge >= 0.3 is 6.09 Å². The summed E-state index contributed by atoms with van der Waals surface area (Å²) in [6.45, 7) is 10.4. The van der Waals surface area contributed by atoms with E-state index in [9.17, 15) is 18.8 Å². The van der Waals surface area contributed by atoms with E-state index in [1.807, 2.05) is 45.0 Å². The average molecular weight is 837 g/mol. The highest BCUT2D eigenvalue weighted by Gasteiger charge is 2.28. The number of carbonyl (C=O) groups excluding carboxylic acids is 2. The Kier molecular flexibility index (Phi) is 13.2. The van der Waals surface area contributed by atoms with Crippen molar-refractivity contribution < 1.29 is 32.9 Å². The van der Waals surface area contributed by atoms with E-state index in [0.717, 1.165) is 55.3 Å². The number of amides is 2. The number of pyridine rings is 2. The van der Waals surface area contributed by atoms with Gasteiger partial charge in [0.05, 0.1) is 37.0 Å². The predicted octanol–water partition coefficient (Wildman–Crippen LogP) is 6.10. The molecule has 61 heavy (non-hydrogen) atoms. The van der Waals surface area contributed by atoms with Crippen LogP contribution in [-0.4, -0.2) is 120 Å². The molecule has 2 amide bonds. The van der Waals surface area contributed by atoms with E-state index in [0.29, 0.717) is 73.7 Å². The fourth-order valence-electron chi connectivity index (χ4n) is 7.28. The summed E-state index contributed by atoms with van der Waals surface area (Å²) >= 11 is 0. The summed E-state index contributed by atoms with van der Waals surface area (Å²) in [5.74, 6) is 2.93. The third kappa shape index (κ3) is 10.7. The van der Waals surface area contributed by atoms with Gasteiger partial charge < -0.3 is 38.5 Å². The molecule has 0 bridgehead atoms. The summed E-state index contributed by atoms with van der Waals surface area (Å²) in [6, 6.07) is 17.3. The number of halogens is 1. The number of H-pyrrole nitrogens is 1. The van der Waals surface area contributed by atoms with Crippen molar-refractivity contribution in [1.29, 1.82) is 0 Å². The number of fused-ring (bicyclic) bond motifs is 1. The van der Waals surface area contributed by atoms with E-state index in [2.05, 4.69) is 30.0 Å². The molecular weight excluding hydrogens is 784 g/mol. The Labute approximate surface area is 354 Å². The zero-order valence-corrected chi connectivity index (χ0v) is 35.4. The molecule has 2 saturated heterocycles. The van der Waals surface area contributed by atoms with Gasteiger partial charge in [-0.2, -0.15) is 5.10 Å². The number of anilines is 2. The molecule has 1 N–H and O–H groups in total. The van der Waals surface area contributed by atoms with E-state index in [-0.39, 0.29) is 29.2 Å². The Morgan fingerprint density at radius 2 is 1.36 bits per heavy atom. The molecule has 3 aliphatic rings. The maximum atomic E-state index is 14.9. The van der Waals surface area contributed by atoms with Crippen LogP contribution in [0.4, 0.5) is 20.8 Å². The highest BCUT2D eigenvalue weighted by atomic mass is 19.1. The number of nitrogens with one attached hydrogen (secondary N) is 1. The lowest BCUT2D eigenvalue weighted by Gasteiger charge is -2.36. The van der Waals surface area contributed by atoms with E-state index in [4.69, 9.17) is 18.9 Å². The molecule has 5 heterocycles. The summed E-state index contributed by atoms with van der Waals surface area (Å²) < 4.78 is 36.8. The summed E-state index contributed by atoms with van der Waals surface area (Å²) in [6.07, 6.45) is 6.90. The standard InChI is InChI=1S/C30H30FN5O4.C15H23N3O3/c1-39-21-9-10-32-28(18-21)35-11-13-36(14-12-35)30(38)25-15-19(5-8-26(25)31)16-27-24-17-22(40-20-3-2-4-20)6-7-23(24)29(37)34-33-27;1-15(2,3)21-14(19)18-9-7-17(8-10-18)13-11-12(20-4)5-6-16-13/h5-10,15,17-18,20H,2-4,11-14,16H2,1H3,(H,34,37);5-6,11H,7-10H2,1-4H3. The first-order valence-electron chi connectivity index (χ1n) is 20.6. The summed E-state index contributed by atoms with van der Waals surface area (Å²) in [5.41, 5.74) is 0.622. The number of benzene rings is 2. The SMILES string of the molecule is COc1ccnc(N2CCN(C(=O)OC(C)(C)C)CC2)c1.COc1ccnc(N2CCN(C(=O)c3cc(Cc4n[nH]c(=O)c5ccc(OC6CCC6)cc45)ccc3F)CC2)c1. The second-order valence-electron chi connectivity index (χ2n) is 16.2. The van der Waals surface area contributed by atoms with Gasteiger partial charge in [0.2, 0.25) is 0 Å². The Balaban J connectivity index is 0.000000226. The minimum Gasteiger partial charge on any atom is -0.497 e. The first kappa shape index (κ1) is 42.7. The maximum Gasteiger partial charge on any atom is 0.410 e. The molecule has 1 saturated carbocycles. The minimum atomic E-state index is -0.568. The highest BCUT2D eigenvalue weighted by molar-refractivity contribution is 5.95. The van der Waals surface area contributed by atoms with Crippen molar-refractivity contribution in [2.45, 2.75) is 58.2 Å². The normalized spacial score (nSPS) is 15.7. The number of hydrogen-bond donors (Lipinski definition) is 1. The van der Waals surface area contributed by atoms with Gasteiger partial charge in [0.1, 0.15) is 40.3 Å². The van der Waals surface area contributed by atoms with Gasteiger partial charge in [0.15, 0.2) is 0 Å². The molecule has 3 aromatic heterocycles. The Bertz CT molecular complexity index is 2390. The number of hydrogen-bond acceptors (Lipinski definition) is 12. The Morgan fingerprint density at radius 1 is 0.754 bits per heavy atom. The molecule has 2 aliphatic heterocycles. The van der Waals surface area contributed by atoms with Gasteiger partial charge in [-0.05, 0) is 88.1 Å². The fourth-order valence-corrected chi connectivity index (χ4v) is 7.28. The van der Waals surface area contributed by atoms with E-state index < -0.39 is 11.4 Å². The molecule has 2 aromatic carbocycles. The second kappa shape index (κ2) is 18.9. The van der Waals surface area contributed by atoms with E-state index in [1.54, 1.807) is 66.7 Å². The molecule has 0 radical (unpaired) electrons. The number of aromatic amines is 1. The van der Waals surface area contributed by atoms with Crippen LogP contribution in [0.5, 0.6) is 17.2 Å². The van der Waals surface area contributed by atoms with Crippen molar-refractivity contribution >= 4 is 34.4 Å². The number of rotatable bonds is 9. The zero-order chi connectivity index (χ0) is 43.1. The van der Waals surface area contributed by atoms with Crippen molar-refractivity contribution in [2.75, 3.05) is 76.4 Å². The summed E-state index contributed by atoms with van der Waals surface area (Å²) in [5, 5.41) is 8.04. The molecule has 0 spiro atoms. The first-order valence-corrected chi connectivity index (χ1v) is 20.6. The van der Waals surface area contributed by atoms with Gasteiger partial charge in [-0.25, -0.2) is 24.3 Å². The van der Waals surface area contributed by atoms with Crippen LogP contribution in [0, 0.1) is 5.82 Å². The molecule has 15 nitrogen and oxygen atoms in total. The second-order valence-corrected chi connectivity index (χ2v) is 16.2. The van der Waals surface area contributed by atoms with Crippen LogP contribution in [0.25, 0.3) is 10.8 Å². The number of ether oxygens (including phenoxy) is 4. The van der Waals surface area contributed by atoms with Crippen LogP contribution in [0.1, 0.15) is 61.6 Å².